The number of hydrogen-bond donors (Lipinski definition) is 2. The first-order chi connectivity index (χ1) is 7.66. The maximum Gasteiger partial charge on any atom is 0.234 e. The van der Waals surface area contributed by atoms with Crippen molar-refractivity contribution < 1.29 is 4.79 Å². The molecule has 1 aromatic rings. The molecule has 1 atom stereocenters. The van der Waals surface area contributed by atoms with Gasteiger partial charge in [-0.3, -0.25) is 4.79 Å². The molecule has 1 aromatic heterocycles. The topological polar surface area (TPSA) is 68.0 Å². The van der Waals surface area contributed by atoms with E-state index in [-0.39, 0.29) is 11.9 Å². The molecule has 3 N–H and O–H groups in total. The van der Waals surface area contributed by atoms with Gasteiger partial charge in [0.15, 0.2) is 0 Å². The van der Waals surface area contributed by atoms with E-state index in [0.717, 1.165) is 0 Å². The van der Waals surface area contributed by atoms with Crippen LogP contribution in [0.5, 0.6) is 0 Å². The number of thiazole rings is 1. The second kappa shape index (κ2) is 4.93. The molecular formula is C11H17N3OS. The Balaban J connectivity index is 1.85. The number of nitrogens with zero attached hydrogens (tertiary/aromatic N) is 1. The molecule has 0 aromatic carbocycles. The molecule has 88 valence electrons. The van der Waals surface area contributed by atoms with Crippen molar-refractivity contribution >= 4 is 17.2 Å². The highest BCUT2D eigenvalue weighted by atomic mass is 32.1. The van der Waals surface area contributed by atoms with Gasteiger partial charge in [0.25, 0.3) is 0 Å². The summed E-state index contributed by atoms with van der Waals surface area (Å²) >= 11 is 1.74. The molecule has 2 rings (SSSR count). The zero-order chi connectivity index (χ0) is 11.5. The molecule has 1 saturated carbocycles. The van der Waals surface area contributed by atoms with Crippen LogP contribution in [0, 0.1) is 0 Å². The van der Waals surface area contributed by atoms with Gasteiger partial charge in [0.2, 0.25) is 5.91 Å². The van der Waals surface area contributed by atoms with Crippen LogP contribution < -0.4 is 11.1 Å². The van der Waals surface area contributed by atoms with Crippen molar-refractivity contribution in [3.8, 4) is 0 Å². The van der Waals surface area contributed by atoms with E-state index in [9.17, 15) is 4.79 Å². The van der Waals surface area contributed by atoms with Gasteiger partial charge < -0.3 is 11.1 Å². The number of nitrogens with one attached hydrogen (secondary N) is 1. The van der Waals surface area contributed by atoms with Gasteiger partial charge in [-0.1, -0.05) is 6.42 Å². The van der Waals surface area contributed by atoms with Gasteiger partial charge in [0.1, 0.15) is 0 Å². The van der Waals surface area contributed by atoms with Gasteiger partial charge in [0, 0.05) is 23.5 Å². The molecule has 1 aliphatic rings. The molecule has 16 heavy (non-hydrogen) atoms. The van der Waals surface area contributed by atoms with Gasteiger partial charge in [-0.05, 0) is 19.8 Å². The third-order valence-corrected chi connectivity index (χ3v) is 4.19. The van der Waals surface area contributed by atoms with Gasteiger partial charge in [-0.25, -0.2) is 4.98 Å². The maximum absolute atomic E-state index is 10.8. The second-order valence-electron chi connectivity index (χ2n) is 4.30. The summed E-state index contributed by atoms with van der Waals surface area (Å²) in [5.41, 5.74) is 5.17. The Morgan fingerprint density at radius 3 is 3.06 bits per heavy atom. The van der Waals surface area contributed by atoms with E-state index in [1.165, 1.54) is 29.1 Å². The molecule has 0 spiro atoms. The summed E-state index contributed by atoms with van der Waals surface area (Å²) < 4.78 is 0. The molecule has 0 bridgehead atoms. The van der Waals surface area contributed by atoms with Gasteiger partial charge in [-0.15, -0.1) is 11.3 Å². The van der Waals surface area contributed by atoms with Gasteiger partial charge in [-0.2, -0.15) is 0 Å². The third kappa shape index (κ3) is 2.59. The predicted octanol–water partition coefficient (Wildman–Crippen LogP) is 1.37. The minimum absolute atomic E-state index is 0.283. The summed E-state index contributed by atoms with van der Waals surface area (Å²) in [6, 6.07) is -0.283. The Morgan fingerprint density at radius 1 is 1.75 bits per heavy atom. The number of carbonyl (C=O) groups is 1. The van der Waals surface area contributed by atoms with Crippen molar-refractivity contribution in [2.45, 2.75) is 44.7 Å². The van der Waals surface area contributed by atoms with Crippen LogP contribution in [-0.4, -0.2) is 16.9 Å². The normalized spacial score (nSPS) is 18.1. The predicted molar refractivity (Wildman–Crippen MR) is 64.2 cm³/mol. The number of rotatable bonds is 5. The van der Waals surface area contributed by atoms with Crippen molar-refractivity contribution in [3.63, 3.8) is 0 Å². The summed E-state index contributed by atoms with van der Waals surface area (Å²) in [6.45, 7) is 2.45. The van der Waals surface area contributed by atoms with Gasteiger partial charge >= 0.3 is 0 Å². The van der Waals surface area contributed by atoms with Crippen LogP contribution in [0.3, 0.4) is 0 Å². The summed E-state index contributed by atoms with van der Waals surface area (Å²) in [7, 11) is 0. The van der Waals surface area contributed by atoms with Crippen LogP contribution in [0.25, 0.3) is 0 Å². The van der Waals surface area contributed by atoms with E-state index in [1.807, 2.05) is 6.20 Å². The minimum Gasteiger partial charge on any atom is -0.368 e. The quantitative estimate of drug-likeness (QED) is 0.815. The lowest BCUT2D eigenvalue weighted by Crippen LogP contribution is -2.38. The average Bonchev–Trinajstić information content (AvgIpc) is 2.59. The lowest BCUT2D eigenvalue weighted by atomic mass is 9.86. The Kier molecular flexibility index (Phi) is 3.56. The molecule has 0 radical (unpaired) electrons. The molecule has 0 unspecified atom stereocenters. The number of primary amides is 1. The molecule has 1 aliphatic carbocycles. The maximum atomic E-state index is 10.8. The Labute approximate surface area is 99.3 Å². The Bertz CT molecular complexity index is 373. The van der Waals surface area contributed by atoms with Crippen molar-refractivity contribution in [3.05, 3.63) is 16.1 Å². The van der Waals surface area contributed by atoms with E-state index in [1.54, 1.807) is 18.3 Å². The first kappa shape index (κ1) is 11.5. The van der Waals surface area contributed by atoms with Crippen molar-refractivity contribution in [2.75, 3.05) is 0 Å². The highest BCUT2D eigenvalue weighted by Crippen LogP contribution is 2.38. The van der Waals surface area contributed by atoms with Crippen molar-refractivity contribution in [2.24, 2.45) is 5.73 Å². The Morgan fingerprint density at radius 2 is 2.50 bits per heavy atom. The zero-order valence-electron chi connectivity index (χ0n) is 9.40. The molecule has 1 heterocycles. The van der Waals surface area contributed by atoms with E-state index < -0.39 is 0 Å². The lowest BCUT2D eigenvalue weighted by Gasteiger charge is -2.22. The smallest absolute Gasteiger partial charge is 0.234 e. The molecule has 4 nitrogen and oxygen atoms in total. The highest BCUT2D eigenvalue weighted by Gasteiger charge is 2.22. The Hall–Kier alpha value is -0.940. The average molecular weight is 239 g/mol. The van der Waals surface area contributed by atoms with E-state index in [4.69, 9.17) is 5.73 Å². The van der Waals surface area contributed by atoms with Crippen LogP contribution in [0.1, 0.15) is 42.0 Å². The summed E-state index contributed by atoms with van der Waals surface area (Å²) in [5, 5.41) is 4.33. The van der Waals surface area contributed by atoms with Crippen LogP contribution in [0.4, 0.5) is 0 Å². The summed E-state index contributed by atoms with van der Waals surface area (Å²) in [6.07, 6.45) is 5.78. The third-order valence-electron chi connectivity index (χ3n) is 3.04. The largest absolute Gasteiger partial charge is 0.368 e. The van der Waals surface area contributed by atoms with Crippen molar-refractivity contribution in [1.29, 1.82) is 0 Å². The lowest BCUT2D eigenvalue weighted by molar-refractivity contribution is -0.119. The standard InChI is InChI=1S/C11H17N3OS/c1-7(10(12)15)13-5-9-6-14-11(16-9)8-3-2-4-8/h6-8,13H,2-5H2,1H3,(H2,12,15)/t7-/m0/s1. The SMILES string of the molecule is C[C@H](NCc1cnc(C2CCC2)s1)C(N)=O. The van der Waals surface area contributed by atoms with E-state index in [2.05, 4.69) is 10.3 Å². The molecular weight excluding hydrogens is 222 g/mol. The minimum atomic E-state index is -0.316. The van der Waals surface area contributed by atoms with E-state index >= 15 is 0 Å². The zero-order valence-corrected chi connectivity index (χ0v) is 10.2. The number of aromatic nitrogens is 1. The molecule has 1 fully saturated rings. The number of nitrogens with two attached hydrogens (primary N) is 1. The number of amides is 1. The molecule has 0 aliphatic heterocycles. The van der Waals surface area contributed by atoms with E-state index in [0.29, 0.717) is 12.5 Å². The van der Waals surface area contributed by atoms with Crippen molar-refractivity contribution in [1.82, 2.24) is 10.3 Å². The molecule has 5 heteroatoms. The second-order valence-corrected chi connectivity index (χ2v) is 5.44. The fraction of sp³-hybridized carbons (Fsp3) is 0.636. The van der Waals surface area contributed by atoms with Crippen LogP contribution in [0.15, 0.2) is 6.20 Å². The van der Waals surface area contributed by atoms with Crippen LogP contribution >= 0.6 is 11.3 Å². The van der Waals surface area contributed by atoms with Crippen LogP contribution in [0.2, 0.25) is 0 Å². The number of carbonyl (C=O) groups excluding carboxylic acids is 1. The first-order valence-corrected chi connectivity index (χ1v) is 6.46. The number of hydrogen-bond acceptors (Lipinski definition) is 4. The first-order valence-electron chi connectivity index (χ1n) is 5.64. The fourth-order valence-electron chi connectivity index (χ4n) is 1.60. The van der Waals surface area contributed by atoms with Gasteiger partial charge in [0.05, 0.1) is 11.0 Å². The van der Waals surface area contributed by atoms with Crippen LogP contribution in [-0.2, 0) is 11.3 Å². The monoisotopic (exact) mass is 239 g/mol. The highest BCUT2D eigenvalue weighted by molar-refractivity contribution is 7.11. The summed E-state index contributed by atoms with van der Waals surface area (Å²) in [4.78, 5) is 16.4. The summed E-state index contributed by atoms with van der Waals surface area (Å²) in [5.74, 6) is 0.371. The molecule has 1 amide bonds. The molecule has 0 saturated heterocycles. The fourth-order valence-corrected chi connectivity index (χ4v) is 2.64.